The molecule has 1 heterocycles. The summed E-state index contributed by atoms with van der Waals surface area (Å²) in [5, 5.41) is 8.69. The van der Waals surface area contributed by atoms with Gasteiger partial charge in [-0.1, -0.05) is 30.3 Å². The number of rotatable bonds is 4. The number of piperazine rings is 1. The Morgan fingerprint density at radius 1 is 1.03 bits per heavy atom. The van der Waals surface area contributed by atoms with E-state index in [1.165, 1.54) is 9.80 Å². The number of carbonyl (C=O) groups is 4. The van der Waals surface area contributed by atoms with Crippen molar-refractivity contribution in [1.82, 2.24) is 9.80 Å². The fourth-order valence-electron chi connectivity index (χ4n) is 2.77. The monoisotopic (exact) mass is 422 g/mol. The highest BCUT2D eigenvalue weighted by molar-refractivity contribution is 6.28. The van der Waals surface area contributed by atoms with Gasteiger partial charge in [0.2, 0.25) is 0 Å². The van der Waals surface area contributed by atoms with E-state index in [0.717, 1.165) is 5.56 Å². The lowest BCUT2D eigenvalue weighted by molar-refractivity contribution is -0.165. The summed E-state index contributed by atoms with van der Waals surface area (Å²) < 4.78 is 15.4. The Kier molecular flexibility index (Phi) is 7.62. The molecular weight excluding hydrogens is 396 g/mol. The average Bonchev–Trinajstić information content (AvgIpc) is 2.69. The normalized spacial score (nSPS) is 16.6. The van der Waals surface area contributed by atoms with Crippen LogP contribution in [-0.2, 0) is 30.4 Å². The maximum Gasteiger partial charge on any atom is 0.417 e. The standard InChI is InChI=1S/C20H26N2O8/c1-20(2,3)30-19(27)22-10-9-21(11-15(22)13-28-17(25)16(23)24)18(26)29-12-14-7-5-4-6-8-14/h4-8,15H,9-13H2,1-3H3,(H,23,24). The molecule has 1 N–H and O–H groups in total. The molecule has 1 aromatic carbocycles. The predicted molar refractivity (Wildman–Crippen MR) is 104 cm³/mol. The van der Waals surface area contributed by atoms with Crippen LogP contribution in [0.1, 0.15) is 26.3 Å². The number of amides is 2. The molecule has 0 radical (unpaired) electrons. The van der Waals surface area contributed by atoms with Gasteiger partial charge in [-0.25, -0.2) is 19.2 Å². The van der Waals surface area contributed by atoms with Gasteiger partial charge in [0.1, 0.15) is 18.8 Å². The van der Waals surface area contributed by atoms with Crippen molar-refractivity contribution in [1.29, 1.82) is 0 Å². The smallest absolute Gasteiger partial charge is 0.417 e. The number of esters is 1. The van der Waals surface area contributed by atoms with Crippen LogP contribution in [0, 0.1) is 0 Å². The Morgan fingerprint density at radius 2 is 1.70 bits per heavy atom. The van der Waals surface area contributed by atoms with E-state index in [0.29, 0.717) is 0 Å². The van der Waals surface area contributed by atoms with Gasteiger partial charge < -0.3 is 24.2 Å². The van der Waals surface area contributed by atoms with Crippen molar-refractivity contribution in [2.24, 2.45) is 0 Å². The van der Waals surface area contributed by atoms with Crippen molar-refractivity contribution >= 4 is 24.1 Å². The van der Waals surface area contributed by atoms with Crippen LogP contribution in [0.4, 0.5) is 9.59 Å². The molecule has 1 saturated heterocycles. The van der Waals surface area contributed by atoms with Gasteiger partial charge in [-0.2, -0.15) is 0 Å². The minimum Gasteiger partial charge on any atom is -0.473 e. The molecule has 2 amide bonds. The minimum atomic E-state index is -1.74. The highest BCUT2D eigenvalue weighted by atomic mass is 16.6. The number of aliphatic carboxylic acids is 1. The van der Waals surface area contributed by atoms with Gasteiger partial charge in [-0.05, 0) is 26.3 Å². The van der Waals surface area contributed by atoms with Gasteiger partial charge in [0.25, 0.3) is 0 Å². The van der Waals surface area contributed by atoms with E-state index in [-0.39, 0.29) is 26.2 Å². The Labute approximate surface area is 174 Å². The summed E-state index contributed by atoms with van der Waals surface area (Å²) in [6.07, 6.45) is -1.23. The molecule has 0 aliphatic carbocycles. The average molecular weight is 422 g/mol. The molecule has 1 aromatic rings. The van der Waals surface area contributed by atoms with Crippen molar-refractivity contribution in [3.05, 3.63) is 35.9 Å². The Hall–Kier alpha value is -3.30. The molecule has 2 rings (SSSR count). The van der Waals surface area contributed by atoms with Crippen LogP contribution in [0.5, 0.6) is 0 Å². The molecule has 0 saturated carbocycles. The topological polar surface area (TPSA) is 123 Å². The fourth-order valence-corrected chi connectivity index (χ4v) is 2.77. The van der Waals surface area contributed by atoms with Gasteiger partial charge in [0.15, 0.2) is 0 Å². The van der Waals surface area contributed by atoms with Crippen LogP contribution < -0.4 is 0 Å². The number of hydrogen-bond donors (Lipinski definition) is 1. The molecule has 0 aromatic heterocycles. The van der Waals surface area contributed by atoms with Crippen molar-refractivity contribution in [2.75, 3.05) is 26.2 Å². The van der Waals surface area contributed by atoms with E-state index in [9.17, 15) is 19.2 Å². The number of benzene rings is 1. The van der Waals surface area contributed by atoms with Crippen molar-refractivity contribution in [3.8, 4) is 0 Å². The van der Waals surface area contributed by atoms with Crippen LogP contribution in [0.25, 0.3) is 0 Å². The van der Waals surface area contributed by atoms with Crippen LogP contribution in [0.2, 0.25) is 0 Å². The summed E-state index contributed by atoms with van der Waals surface area (Å²) in [7, 11) is 0. The third-order valence-electron chi connectivity index (χ3n) is 4.16. The summed E-state index contributed by atoms with van der Waals surface area (Å²) >= 11 is 0. The summed E-state index contributed by atoms with van der Waals surface area (Å²) in [4.78, 5) is 49.6. The van der Waals surface area contributed by atoms with E-state index < -0.39 is 42.4 Å². The van der Waals surface area contributed by atoms with E-state index in [1.54, 1.807) is 20.8 Å². The highest BCUT2D eigenvalue weighted by Gasteiger charge is 2.36. The van der Waals surface area contributed by atoms with Gasteiger partial charge in [0, 0.05) is 19.6 Å². The van der Waals surface area contributed by atoms with E-state index in [4.69, 9.17) is 19.3 Å². The zero-order valence-electron chi connectivity index (χ0n) is 17.2. The quantitative estimate of drug-likeness (QED) is 0.443. The fraction of sp³-hybridized carbons (Fsp3) is 0.500. The molecule has 30 heavy (non-hydrogen) atoms. The van der Waals surface area contributed by atoms with E-state index in [2.05, 4.69) is 0 Å². The second-order valence-electron chi connectivity index (χ2n) is 7.72. The molecular formula is C20H26N2O8. The maximum atomic E-state index is 12.5. The van der Waals surface area contributed by atoms with E-state index in [1.807, 2.05) is 30.3 Å². The van der Waals surface area contributed by atoms with E-state index >= 15 is 0 Å². The highest BCUT2D eigenvalue weighted by Crippen LogP contribution is 2.17. The van der Waals surface area contributed by atoms with Crippen molar-refractivity contribution in [2.45, 2.75) is 39.0 Å². The maximum absolute atomic E-state index is 12.5. The first-order chi connectivity index (χ1) is 14.1. The molecule has 10 nitrogen and oxygen atoms in total. The van der Waals surface area contributed by atoms with Crippen LogP contribution in [-0.4, -0.2) is 76.9 Å². The molecule has 1 unspecified atom stereocenters. The first-order valence-electron chi connectivity index (χ1n) is 9.42. The third-order valence-corrected chi connectivity index (χ3v) is 4.16. The lowest BCUT2D eigenvalue weighted by Crippen LogP contribution is -2.59. The summed E-state index contributed by atoms with van der Waals surface area (Å²) in [5.74, 6) is -3.18. The summed E-state index contributed by atoms with van der Waals surface area (Å²) in [6, 6.07) is 8.38. The lowest BCUT2D eigenvalue weighted by Gasteiger charge is -2.40. The SMILES string of the molecule is CC(C)(C)OC(=O)N1CCN(C(=O)OCc2ccccc2)CC1COC(=O)C(=O)O. The number of carboxylic acids is 1. The molecule has 1 aliphatic rings. The summed E-state index contributed by atoms with van der Waals surface area (Å²) in [6.45, 7) is 5.13. The van der Waals surface area contributed by atoms with Crippen LogP contribution in [0.15, 0.2) is 30.3 Å². The Morgan fingerprint density at radius 3 is 2.30 bits per heavy atom. The third kappa shape index (κ3) is 6.94. The first-order valence-corrected chi connectivity index (χ1v) is 9.42. The van der Waals surface area contributed by atoms with Crippen molar-refractivity contribution < 1.29 is 38.5 Å². The minimum absolute atomic E-state index is 0.000233. The van der Waals surface area contributed by atoms with Crippen LogP contribution in [0.3, 0.4) is 0 Å². The molecule has 164 valence electrons. The Balaban J connectivity index is 2.02. The number of ether oxygens (including phenoxy) is 3. The van der Waals surface area contributed by atoms with Crippen molar-refractivity contribution in [3.63, 3.8) is 0 Å². The van der Waals surface area contributed by atoms with Gasteiger partial charge in [-0.15, -0.1) is 0 Å². The van der Waals surface area contributed by atoms with Gasteiger partial charge in [-0.3, -0.25) is 4.90 Å². The molecule has 10 heteroatoms. The zero-order chi connectivity index (χ0) is 22.3. The predicted octanol–water partition coefficient (Wildman–Crippen LogP) is 1.87. The lowest BCUT2D eigenvalue weighted by atomic mass is 10.2. The molecule has 1 aliphatic heterocycles. The van der Waals surface area contributed by atoms with Gasteiger partial charge in [0.05, 0.1) is 6.04 Å². The number of carboxylic acid groups (broad SMARTS) is 1. The van der Waals surface area contributed by atoms with Crippen LogP contribution >= 0.6 is 0 Å². The molecule has 1 atom stereocenters. The summed E-state index contributed by atoms with van der Waals surface area (Å²) in [5.41, 5.74) is 0.0793. The second kappa shape index (κ2) is 9.95. The number of carbonyl (C=O) groups excluding carboxylic acids is 3. The zero-order valence-corrected chi connectivity index (χ0v) is 17.2. The Bertz CT molecular complexity index is 775. The number of hydrogen-bond acceptors (Lipinski definition) is 7. The molecule has 0 spiro atoms. The molecule has 0 bridgehead atoms. The van der Waals surface area contributed by atoms with Gasteiger partial charge >= 0.3 is 24.1 Å². The largest absolute Gasteiger partial charge is 0.473 e. The molecule has 1 fully saturated rings. The second-order valence-corrected chi connectivity index (χ2v) is 7.72. The first kappa shape index (κ1) is 23.0. The number of nitrogens with zero attached hydrogens (tertiary/aromatic N) is 2.